The molecule has 5 amide bonds. The van der Waals surface area contributed by atoms with Crippen LogP contribution in [0.1, 0.15) is 51.7 Å². The number of rotatable bonds is 12. The number of amides is 5. The number of allylic oxidation sites excluding steroid dienone is 2. The third-order valence-corrected chi connectivity index (χ3v) is 8.93. The zero-order chi connectivity index (χ0) is 33.2. The predicted molar refractivity (Wildman–Crippen MR) is 165 cm³/mol. The van der Waals surface area contributed by atoms with Crippen LogP contribution >= 0.6 is 0 Å². The standard InChI is InChI=1S/C33H43N5O7/c1-17(2)22-15-24(29(41)35-23(12-18-10-11-18)26(39)28(34)40)38(16-22)30(42)25(21-13-19-8-6-7-9-20(19)14-21)36-32(45)37-27(31(43)44)33(3,4)5/h6-11,18,21-25,27H,1,12-16H2,2-5H3,(H2,34,40)(H,35,41)(H,43,44)(H2,36,37,45)/t22-,23?,24+,25+,27-/m1/s1. The van der Waals surface area contributed by atoms with E-state index in [1.807, 2.05) is 36.4 Å². The Morgan fingerprint density at radius 2 is 1.62 bits per heavy atom. The number of aliphatic carboxylic acids is 1. The van der Waals surface area contributed by atoms with Crippen molar-refractivity contribution in [3.05, 3.63) is 59.7 Å². The monoisotopic (exact) mass is 621 g/mol. The van der Waals surface area contributed by atoms with E-state index in [9.17, 15) is 33.9 Å². The smallest absolute Gasteiger partial charge is 0.326 e. The molecule has 1 aromatic carbocycles. The second kappa shape index (κ2) is 13.3. The summed E-state index contributed by atoms with van der Waals surface area (Å²) in [6.45, 7) is 11.0. The van der Waals surface area contributed by atoms with Crippen LogP contribution < -0.4 is 21.7 Å². The zero-order valence-corrected chi connectivity index (χ0v) is 26.2. The molecule has 5 atom stereocenters. The number of ketones is 1. The fourth-order valence-corrected chi connectivity index (χ4v) is 6.22. The average molecular weight is 622 g/mol. The normalized spacial score (nSPS) is 21.3. The third kappa shape index (κ3) is 7.98. The Bertz CT molecular complexity index is 1400. The summed E-state index contributed by atoms with van der Waals surface area (Å²) in [7, 11) is 0. The Labute approximate surface area is 262 Å². The van der Waals surface area contributed by atoms with Crippen LogP contribution in [0.5, 0.6) is 0 Å². The molecule has 1 unspecified atom stereocenters. The minimum atomic E-state index is -1.23. The lowest BCUT2D eigenvalue weighted by Crippen LogP contribution is -2.60. The number of nitrogens with zero attached hydrogens (tertiary/aromatic N) is 1. The van der Waals surface area contributed by atoms with Crippen molar-refractivity contribution in [2.45, 2.75) is 77.5 Å². The number of hydrogen-bond acceptors (Lipinski definition) is 6. The molecule has 1 saturated heterocycles. The number of nitrogens with one attached hydrogen (secondary N) is 3. The first-order valence-electron chi connectivity index (χ1n) is 15.2. The summed E-state index contributed by atoms with van der Waals surface area (Å²) < 4.78 is 0. The van der Waals surface area contributed by atoms with Crippen molar-refractivity contribution in [3.63, 3.8) is 0 Å². The van der Waals surface area contributed by atoms with Gasteiger partial charge in [0.15, 0.2) is 0 Å². The molecule has 3 aliphatic rings. The van der Waals surface area contributed by atoms with Gasteiger partial charge in [0, 0.05) is 6.54 Å². The minimum Gasteiger partial charge on any atom is -0.480 e. The molecule has 1 heterocycles. The van der Waals surface area contributed by atoms with Crippen molar-refractivity contribution in [2.75, 3.05) is 6.54 Å². The van der Waals surface area contributed by atoms with Crippen LogP contribution in [0.3, 0.4) is 0 Å². The van der Waals surface area contributed by atoms with E-state index in [1.54, 1.807) is 27.7 Å². The molecule has 12 heteroatoms. The molecule has 6 N–H and O–H groups in total. The van der Waals surface area contributed by atoms with Crippen molar-refractivity contribution >= 4 is 35.5 Å². The van der Waals surface area contributed by atoms with Gasteiger partial charge in [-0.3, -0.25) is 19.2 Å². The van der Waals surface area contributed by atoms with Gasteiger partial charge in [0.2, 0.25) is 17.6 Å². The number of carbonyl (C=O) groups excluding carboxylic acids is 5. The molecule has 0 saturated carbocycles. The van der Waals surface area contributed by atoms with Crippen molar-refractivity contribution < 1.29 is 33.9 Å². The van der Waals surface area contributed by atoms with Crippen LogP contribution in [0.2, 0.25) is 0 Å². The molecule has 4 rings (SSSR count). The van der Waals surface area contributed by atoms with E-state index < -0.39 is 65.1 Å². The number of hydrogen-bond donors (Lipinski definition) is 5. The summed E-state index contributed by atoms with van der Waals surface area (Å²) in [5, 5.41) is 17.7. The van der Waals surface area contributed by atoms with E-state index in [2.05, 4.69) is 22.5 Å². The number of fused-ring (bicyclic) bond motifs is 1. The first-order valence-corrected chi connectivity index (χ1v) is 15.2. The first kappa shape index (κ1) is 33.4. The van der Waals surface area contributed by atoms with E-state index in [-0.39, 0.29) is 37.1 Å². The summed E-state index contributed by atoms with van der Waals surface area (Å²) in [4.78, 5) is 79.1. The molecule has 0 spiro atoms. The number of likely N-dealkylation sites (tertiary alicyclic amines) is 1. The number of carboxylic acids is 1. The number of benzene rings is 1. The fourth-order valence-electron chi connectivity index (χ4n) is 6.22. The number of nitrogens with two attached hydrogens (primary N) is 1. The molecule has 1 fully saturated rings. The highest BCUT2D eigenvalue weighted by atomic mass is 16.4. The van der Waals surface area contributed by atoms with Gasteiger partial charge in [-0.25, -0.2) is 9.59 Å². The minimum absolute atomic E-state index is 0.0399. The quantitative estimate of drug-likeness (QED) is 0.173. The van der Waals surface area contributed by atoms with Crippen molar-refractivity contribution in [1.29, 1.82) is 0 Å². The number of urea groups is 1. The van der Waals surface area contributed by atoms with Gasteiger partial charge in [0.05, 0.1) is 6.04 Å². The maximum absolute atomic E-state index is 14.4. The Kier molecular flexibility index (Phi) is 9.84. The number of Topliss-reactive ketones (excluding diaryl/α,β-unsaturated/α-hetero) is 1. The van der Waals surface area contributed by atoms with Crippen molar-refractivity contribution in [2.24, 2.45) is 28.9 Å². The molecule has 45 heavy (non-hydrogen) atoms. The average Bonchev–Trinajstić information content (AvgIpc) is 3.48. The fraction of sp³-hybridized carbons (Fsp3) is 0.515. The molecule has 242 valence electrons. The Morgan fingerprint density at radius 1 is 1.02 bits per heavy atom. The maximum Gasteiger partial charge on any atom is 0.326 e. The van der Waals surface area contributed by atoms with Gasteiger partial charge in [-0.15, -0.1) is 0 Å². The lowest BCUT2D eigenvalue weighted by atomic mass is 9.87. The number of carboxylic acid groups (broad SMARTS) is 1. The molecular weight excluding hydrogens is 578 g/mol. The van der Waals surface area contributed by atoms with Crippen LogP contribution in [0.25, 0.3) is 0 Å². The molecule has 0 aromatic heterocycles. The number of carbonyl (C=O) groups is 6. The van der Waals surface area contributed by atoms with Crippen LogP contribution in [0.4, 0.5) is 4.79 Å². The van der Waals surface area contributed by atoms with E-state index in [1.165, 1.54) is 4.90 Å². The van der Waals surface area contributed by atoms with Gasteiger partial charge in [0.1, 0.15) is 18.1 Å². The number of primary amides is 1. The van der Waals surface area contributed by atoms with Crippen LogP contribution in [-0.2, 0) is 36.8 Å². The van der Waals surface area contributed by atoms with Gasteiger partial charge in [-0.1, -0.05) is 69.3 Å². The third-order valence-electron chi connectivity index (χ3n) is 8.93. The van der Waals surface area contributed by atoms with E-state index in [0.717, 1.165) is 16.7 Å². The summed E-state index contributed by atoms with van der Waals surface area (Å²) >= 11 is 0. The van der Waals surface area contributed by atoms with E-state index in [0.29, 0.717) is 12.8 Å². The Morgan fingerprint density at radius 3 is 2.11 bits per heavy atom. The highest BCUT2D eigenvalue weighted by Crippen LogP contribution is 2.34. The first-order chi connectivity index (χ1) is 21.1. The predicted octanol–water partition coefficient (Wildman–Crippen LogP) is 1.48. The lowest BCUT2D eigenvalue weighted by Gasteiger charge is -2.33. The molecule has 0 bridgehead atoms. The lowest BCUT2D eigenvalue weighted by molar-refractivity contribution is -0.142. The highest BCUT2D eigenvalue weighted by molar-refractivity contribution is 6.37. The van der Waals surface area contributed by atoms with Gasteiger partial charge >= 0.3 is 12.0 Å². The maximum atomic E-state index is 14.4. The molecule has 2 aliphatic carbocycles. The van der Waals surface area contributed by atoms with Gasteiger partial charge in [-0.05, 0) is 66.9 Å². The van der Waals surface area contributed by atoms with Crippen molar-refractivity contribution in [1.82, 2.24) is 20.9 Å². The van der Waals surface area contributed by atoms with Gasteiger partial charge in [-0.2, -0.15) is 0 Å². The molecule has 1 aliphatic heterocycles. The summed E-state index contributed by atoms with van der Waals surface area (Å²) in [5.74, 6) is -5.04. The zero-order valence-electron chi connectivity index (χ0n) is 26.2. The van der Waals surface area contributed by atoms with Gasteiger partial charge < -0.3 is 31.7 Å². The van der Waals surface area contributed by atoms with E-state index >= 15 is 0 Å². The summed E-state index contributed by atoms with van der Waals surface area (Å²) in [6, 6.07) is 2.44. The molecular formula is C33H43N5O7. The Balaban J connectivity index is 1.61. The molecule has 0 radical (unpaired) electrons. The second-order valence-electron chi connectivity index (χ2n) is 13.5. The second-order valence-corrected chi connectivity index (χ2v) is 13.5. The van der Waals surface area contributed by atoms with Crippen molar-refractivity contribution in [3.8, 4) is 0 Å². The highest BCUT2D eigenvalue weighted by Gasteiger charge is 2.46. The molecule has 1 aromatic rings. The topological polar surface area (TPSA) is 188 Å². The van der Waals surface area contributed by atoms with Crippen LogP contribution in [0.15, 0.2) is 48.6 Å². The van der Waals surface area contributed by atoms with Crippen LogP contribution in [0, 0.1) is 23.2 Å². The molecule has 12 nitrogen and oxygen atoms in total. The largest absolute Gasteiger partial charge is 0.480 e. The SMILES string of the molecule is C=C(C)[C@@H]1C[C@@H](C(=O)NC(CC2C=C2)C(=O)C(N)=O)N(C(=O)[C@@H](NC(=O)N[C@H](C(=O)O)C(C)(C)C)C2Cc3ccccc3C2)C1. The van der Waals surface area contributed by atoms with Gasteiger partial charge in [0.25, 0.3) is 5.91 Å². The summed E-state index contributed by atoms with van der Waals surface area (Å²) in [5.41, 5.74) is 7.28. The van der Waals surface area contributed by atoms with E-state index in [4.69, 9.17) is 5.73 Å². The summed E-state index contributed by atoms with van der Waals surface area (Å²) in [6.07, 6.45) is 5.08. The van der Waals surface area contributed by atoms with Crippen LogP contribution in [-0.4, -0.2) is 76.2 Å². The Hall–Kier alpha value is -4.48.